The number of benzene rings is 1. The summed E-state index contributed by atoms with van der Waals surface area (Å²) in [5.41, 5.74) is 1.26. The second-order valence-corrected chi connectivity index (χ2v) is 6.15. The van der Waals surface area contributed by atoms with Crippen LogP contribution in [0.3, 0.4) is 0 Å². The molecule has 134 valence electrons. The van der Waals surface area contributed by atoms with Crippen molar-refractivity contribution in [3.05, 3.63) is 42.6 Å². The number of fused-ring (bicyclic) bond motifs is 1. The van der Waals surface area contributed by atoms with Crippen LogP contribution in [0.25, 0.3) is 17.0 Å². The maximum absolute atomic E-state index is 14.4. The molecule has 0 unspecified atom stereocenters. The number of hydrogen-bond donors (Lipinski definition) is 1. The summed E-state index contributed by atoms with van der Waals surface area (Å²) in [4.78, 5) is 22.5. The van der Waals surface area contributed by atoms with Crippen molar-refractivity contribution in [1.29, 1.82) is 0 Å². The minimum Gasteiger partial charge on any atom is -0.494 e. The highest BCUT2D eigenvalue weighted by molar-refractivity contribution is 5.90. The van der Waals surface area contributed by atoms with E-state index >= 15 is 0 Å². The van der Waals surface area contributed by atoms with Gasteiger partial charge in [-0.05, 0) is 31.0 Å². The number of likely N-dealkylation sites (tertiary alicyclic amines) is 1. The molecule has 3 aromatic rings. The van der Waals surface area contributed by atoms with Crippen LogP contribution in [-0.4, -0.2) is 45.5 Å². The van der Waals surface area contributed by atoms with Gasteiger partial charge in [0.05, 0.1) is 25.2 Å². The summed E-state index contributed by atoms with van der Waals surface area (Å²) in [7, 11) is 1.55. The van der Waals surface area contributed by atoms with Crippen molar-refractivity contribution >= 4 is 17.5 Å². The van der Waals surface area contributed by atoms with E-state index < -0.39 is 5.82 Å². The summed E-state index contributed by atoms with van der Waals surface area (Å²) in [6, 6.07) is 4.29. The van der Waals surface area contributed by atoms with Gasteiger partial charge in [0.2, 0.25) is 5.78 Å². The van der Waals surface area contributed by atoms with Gasteiger partial charge in [0.25, 0.3) is 0 Å². The third-order valence-corrected chi connectivity index (χ3v) is 4.41. The quantitative estimate of drug-likeness (QED) is 0.783. The molecule has 0 radical (unpaired) electrons. The standard InChI is InChI=1S/C18H18FN5O2/c1-26-13-9-20-17-22-16(11-24(17)10-13)14-8-12(4-5-15(14)19)21-18(25)23-6-2-3-7-23/h4-5,8-11H,2-3,6-7H2,1H3,(H,21,25). The normalized spacial score (nSPS) is 14.0. The van der Waals surface area contributed by atoms with Crippen molar-refractivity contribution in [1.82, 2.24) is 19.3 Å². The Morgan fingerprint density at radius 2 is 2.08 bits per heavy atom. The third kappa shape index (κ3) is 3.05. The van der Waals surface area contributed by atoms with Gasteiger partial charge < -0.3 is 15.0 Å². The molecule has 2 aromatic heterocycles. The first kappa shape index (κ1) is 16.3. The summed E-state index contributed by atoms with van der Waals surface area (Å²) in [5.74, 6) is 0.597. The summed E-state index contributed by atoms with van der Waals surface area (Å²) < 4.78 is 21.2. The van der Waals surface area contributed by atoms with Crippen molar-refractivity contribution in [2.75, 3.05) is 25.5 Å². The first-order chi connectivity index (χ1) is 12.6. The highest BCUT2D eigenvalue weighted by Gasteiger charge is 2.19. The molecule has 0 spiro atoms. The lowest BCUT2D eigenvalue weighted by Crippen LogP contribution is -2.32. The molecule has 2 amide bonds. The van der Waals surface area contributed by atoms with Gasteiger partial charge in [-0.2, -0.15) is 0 Å². The maximum atomic E-state index is 14.4. The molecule has 0 bridgehead atoms. The zero-order chi connectivity index (χ0) is 18.1. The van der Waals surface area contributed by atoms with Crippen LogP contribution in [0.15, 0.2) is 36.8 Å². The molecule has 0 aliphatic carbocycles. The van der Waals surface area contributed by atoms with Crippen LogP contribution in [0, 0.1) is 5.82 Å². The number of carbonyl (C=O) groups is 1. The van der Waals surface area contributed by atoms with Gasteiger partial charge in [0.15, 0.2) is 5.75 Å². The van der Waals surface area contributed by atoms with Crippen molar-refractivity contribution in [3.63, 3.8) is 0 Å². The van der Waals surface area contributed by atoms with E-state index in [1.165, 1.54) is 6.07 Å². The molecule has 1 N–H and O–H groups in total. The Balaban J connectivity index is 1.64. The molecule has 1 fully saturated rings. The van der Waals surface area contributed by atoms with Crippen molar-refractivity contribution in [2.45, 2.75) is 12.8 Å². The number of aromatic nitrogens is 3. The number of imidazole rings is 1. The zero-order valence-corrected chi connectivity index (χ0v) is 14.3. The van der Waals surface area contributed by atoms with E-state index in [1.54, 1.807) is 47.1 Å². The van der Waals surface area contributed by atoms with E-state index in [-0.39, 0.29) is 6.03 Å². The van der Waals surface area contributed by atoms with Gasteiger partial charge in [-0.15, -0.1) is 0 Å². The maximum Gasteiger partial charge on any atom is 0.321 e. The third-order valence-electron chi connectivity index (χ3n) is 4.41. The SMILES string of the molecule is COc1cnc2nc(-c3cc(NC(=O)N4CCCC4)ccc3F)cn2c1. The van der Waals surface area contributed by atoms with Crippen LogP contribution in [-0.2, 0) is 0 Å². The monoisotopic (exact) mass is 355 g/mol. The first-order valence-corrected chi connectivity index (χ1v) is 8.38. The van der Waals surface area contributed by atoms with Crippen LogP contribution in [0.2, 0.25) is 0 Å². The van der Waals surface area contributed by atoms with Crippen molar-refractivity contribution in [2.24, 2.45) is 0 Å². The van der Waals surface area contributed by atoms with Crippen LogP contribution >= 0.6 is 0 Å². The number of amides is 2. The van der Waals surface area contributed by atoms with E-state index in [0.717, 1.165) is 25.9 Å². The van der Waals surface area contributed by atoms with Gasteiger partial charge in [-0.1, -0.05) is 0 Å². The molecule has 3 heterocycles. The number of carbonyl (C=O) groups excluding carboxylic acids is 1. The molecule has 26 heavy (non-hydrogen) atoms. The highest BCUT2D eigenvalue weighted by Crippen LogP contribution is 2.26. The molecule has 1 aliphatic heterocycles. The lowest BCUT2D eigenvalue weighted by atomic mass is 10.1. The molecule has 4 rings (SSSR count). The number of anilines is 1. The number of urea groups is 1. The van der Waals surface area contributed by atoms with Crippen molar-refractivity contribution < 1.29 is 13.9 Å². The summed E-state index contributed by atoms with van der Waals surface area (Å²) >= 11 is 0. The zero-order valence-electron chi connectivity index (χ0n) is 14.3. The van der Waals surface area contributed by atoms with Gasteiger partial charge >= 0.3 is 6.03 Å². The Bertz CT molecular complexity index is 965. The number of hydrogen-bond acceptors (Lipinski definition) is 4. The molecule has 1 saturated heterocycles. The average Bonchev–Trinajstić information content (AvgIpc) is 3.32. The van der Waals surface area contributed by atoms with E-state index in [4.69, 9.17) is 4.74 Å². The Morgan fingerprint density at radius 3 is 2.85 bits per heavy atom. The number of nitrogens with zero attached hydrogens (tertiary/aromatic N) is 4. The fourth-order valence-electron chi connectivity index (χ4n) is 3.02. The summed E-state index contributed by atoms with van der Waals surface area (Å²) in [6.07, 6.45) is 6.97. The number of rotatable bonds is 3. The van der Waals surface area contributed by atoms with Crippen LogP contribution in [0.5, 0.6) is 5.75 Å². The Morgan fingerprint density at radius 1 is 1.27 bits per heavy atom. The molecule has 1 aliphatic rings. The summed E-state index contributed by atoms with van der Waals surface area (Å²) in [6.45, 7) is 1.50. The minimum absolute atomic E-state index is 0.165. The largest absolute Gasteiger partial charge is 0.494 e. The number of nitrogens with one attached hydrogen (secondary N) is 1. The molecule has 8 heteroatoms. The van der Waals surface area contributed by atoms with E-state index in [2.05, 4.69) is 15.3 Å². The van der Waals surface area contributed by atoms with Gasteiger partial charge in [0, 0.05) is 30.5 Å². The molecular weight excluding hydrogens is 337 g/mol. The second-order valence-electron chi connectivity index (χ2n) is 6.15. The van der Waals surface area contributed by atoms with Crippen molar-refractivity contribution in [3.8, 4) is 17.0 Å². The lowest BCUT2D eigenvalue weighted by Gasteiger charge is -2.16. The van der Waals surface area contributed by atoms with E-state index in [0.29, 0.717) is 28.5 Å². The molecular formula is C18H18FN5O2. The fraction of sp³-hybridized carbons (Fsp3) is 0.278. The Kier molecular flexibility index (Phi) is 4.16. The van der Waals surface area contributed by atoms with Crippen LogP contribution < -0.4 is 10.1 Å². The predicted octanol–water partition coefficient (Wildman–Crippen LogP) is 3.17. The molecule has 0 atom stereocenters. The topological polar surface area (TPSA) is 71.8 Å². The number of ether oxygens (including phenoxy) is 1. The predicted molar refractivity (Wildman–Crippen MR) is 94.8 cm³/mol. The average molecular weight is 355 g/mol. The Labute approximate surface area is 149 Å². The lowest BCUT2D eigenvalue weighted by molar-refractivity contribution is 0.222. The number of halogens is 1. The van der Waals surface area contributed by atoms with Gasteiger partial charge in [-0.25, -0.2) is 19.2 Å². The first-order valence-electron chi connectivity index (χ1n) is 8.38. The molecule has 7 nitrogen and oxygen atoms in total. The van der Waals surface area contributed by atoms with E-state index in [1.807, 2.05) is 0 Å². The smallest absolute Gasteiger partial charge is 0.321 e. The molecule has 0 saturated carbocycles. The fourth-order valence-corrected chi connectivity index (χ4v) is 3.02. The van der Waals surface area contributed by atoms with Gasteiger partial charge in [-0.3, -0.25) is 4.40 Å². The van der Waals surface area contributed by atoms with E-state index in [9.17, 15) is 9.18 Å². The highest BCUT2D eigenvalue weighted by atomic mass is 19.1. The molecule has 1 aromatic carbocycles. The minimum atomic E-state index is -0.417. The van der Waals surface area contributed by atoms with Crippen LogP contribution in [0.4, 0.5) is 14.9 Å². The van der Waals surface area contributed by atoms with Crippen LogP contribution in [0.1, 0.15) is 12.8 Å². The second kappa shape index (κ2) is 6.62. The number of methoxy groups -OCH3 is 1. The Hall–Kier alpha value is -3.16. The van der Waals surface area contributed by atoms with Gasteiger partial charge in [0.1, 0.15) is 5.82 Å². The summed E-state index contributed by atoms with van der Waals surface area (Å²) in [5, 5.41) is 2.82.